The second kappa shape index (κ2) is 3.31. The molecule has 0 aromatic carbocycles. The van der Waals surface area contributed by atoms with Gasteiger partial charge in [0.1, 0.15) is 5.82 Å². The number of hydrogen-bond acceptors (Lipinski definition) is 3. The highest BCUT2D eigenvalue weighted by atomic mass is 79.9. The maximum Gasteiger partial charge on any atom is 0.410 e. The Morgan fingerprint density at radius 1 is 1.69 bits per heavy atom. The zero-order valence-electron chi connectivity index (χ0n) is 7.37. The van der Waals surface area contributed by atoms with Crippen LogP contribution >= 0.6 is 15.9 Å². The van der Waals surface area contributed by atoms with Crippen molar-refractivity contribution in [1.82, 2.24) is 4.98 Å². The third kappa shape index (κ3) is 1.46. The van der Waals surface area contributed by atoms with Crippen LogP contribution in [0.25, 0.3) is 0 Å². The summed E-state index contributed by atoms with van der Waals surface area (Å²) in [7, 11) is -0.456. The SMILES string of the molecule is CB(O)N1CCc2c(Br)ccnc21. The largest absolute Gasteiger partial charge is 0.432 e. The normalized spacial score (nSPS) is 14.5. The maximum absolute atomic E-state index is 9.46. The minimum Gasteiger partial charge on any atom is -0.432 e. The van der Waals surface area contributed by atoms with Gasteiger partial charge in [0.15, 0.2) is 0 Å². The van der Waals surface area contributed by atoms with Gasteiger partial charge >= 0.3 is 7.05 Å². The van der Waals surface area contributed by atoms with E-state index in [4.69, 9.17) is 0 Å². The van der Waals surface area contributed by atoms with Crippen LogP contribution in [-0.2, 0) is 6.42 Å². The molecule has 0 atom stereocenters. The van der Waals surface area contributed by atoms with E-state index in [-0.39, 0.29) is 0 Å². The van der Waals surface area contributed by atoms with E-state index in [9.17, 15) is 5.02 Å². The fraction of sp³-hybridized carbons (Fsp3) is 0.375. The Morgan fingerprint density at radius 2 is 2.46 bits per heavy atom. The lowest BCUT2D eigenvalue weighted by Gasteiger charge is -2.18. The second-order valence-electron chi connectivity index (χ2n) is 3.17. The summed E-state index contributed by atoms with van der Waals surface area (Å²) in [6.07, 6.45) is 2.71. The van der Waals surface area contributed by atoms with Crippen molar-refractivity contribution < 1.29 is 5.02 Å². The van der Waals surface area contributed by atoms with E-state index in [1.165, 1.54) is 5.56 Å². The predicted molar refractivity (Wildman–Crippen MR) is 56.8 cm³/mol. The number of rotatable bonds is 1. The number of hydrogen-bond donors (Lipinski definition) is 1. The molecule has 3 nitrogen and oxygen atoms in total. The second-order valence-corrected chi connectivity index (χ2v) is 4.02. The molecule has 2 heterocycles. The molecule has 0 saturated carbocycles. The molecule has 1 N–H and O–H groups in total. The standard InChI is InChI=1S/C8H10BBrN2O/c1-9(13)12-5-3-6-7(10)2-4-11-8(6)12/h2,4,13H,3,5H2,1H3. The molecular weight excluding hydrogens is 231 g/mol. The number of nitrogens with zero attached hydrogens (tertiary/aromatic N) is 2. The minimum absolute atomic E-state index is 0.456. The predicted octanol–water partition coefficient (Wildman–Crippen LogP) is 1.32. The highest BCUT2D eigenvalue weighted by Crippen LogP contribution is 2.31. The van der Waals surface area contributed by atoms with Gasteiger partial charge in [-0.1, -0.05) is 15.9 Å². The van der Waals surface area contributed by atoms with E-state index < -0.39 is 7.05 Å². The summed E-state index contributed by atoms with van der Waals surface area (Å²) in [5.74, 6) is 0.907. The van der Waals surface area contributed by atoms with E-state index in [1.54, 1.807) is 13.0 Å². The van der Waals surface area contributed by atoms with Crippen molar-refractivity contribution in [2.45, 2.75) is 13.2 Å². The number of aromatic nitrogens is 1. The Morgan fingerprint density at radius 3 is 3.15 bits per heavy atom. The van der Waals surface area contributed by atoms with E-state index in [1.807, 2.05) is 10.9 Å². The van der Waals surface area contributed by atoms with Crippen LogP contribution in [0.3, 0.4) is 0 Å². The molecule has 1 aliphatic heterocycles. The van der Waals surface area contributed by atoms with E-state index >= 15 is 0 Å². The van der Waals surface area contributed by atoms with Gasteiger partial charge in [-0.25, -0.2) is 4.98 Å². The van der Waals surface area contributed by atoms with Crippen LogP contribution in [0, 0.1) is 0 Å². The molecule has 1 aromatic rings. The Kier molecular flexibility index (Phi) is 2.30. The highest BCUT2D eigenvalue weighted by molar-refractivity contribution is 9.10. The van der Waals surface area contributed by atoms with Crippen molar-refractivity contribution in [3.63, 3.8) is 0 Å². The van der Waals surface area contributed by atoms with Crippen molar-refractivity contribution >= 4 is 28.8 Å². The smallest absolute Gasteiger partial charge is 0.410 e. The van der Waals surface area contributed by atoms with Crippen LogP contribution in [0.5, 0.6) is 0 Å². The van der Waals surface area contributed by atoms with Crippen molar-refractivity contribution in [3.8, 4) is 0 Å². The van der Waals surface area contributed by atoms with E-state index in [2.05, 4.69) is 20.9 Å². The summed E-state index contributed by atoms with van der Waals surface area (Å²) in [5.41, 5.74) is 1.20. The van der Waals surface area contributed by atoms with Gasteiger partial charge in [0.25, 0.3) is 0 Å². The topological polar surface area (TPSA) is 36.4 Å². The van der Waals surface area contributed by atoms with Gasteiger partial charge < -0.3 is 9.83 Å². The van der Waals surface area contributed by atoms with Crippen molar-refractivity contribution in [1.29, 1.82) is 0 Å². The summed E-state index contributed by atoms with van der Waals surface area (Å²) in [6, 6.07) is 1.93. The lowest BCUT2D eigenvalue weighted by atomic mass is 9.86. The highest BCUT2D eigenvalue weighted by Gasteiger charge is 2.27. The molecule has 68 valence electrons. The number of anilines is 1. The van der Waals surface area contributed by atoms with Gasteiger partial charge in [-0.05, 0) is 19.3 Å². The number of fused-ring (bicyclic) bond motifs is 1. The molecule has 5 heteroatoms. The third-order valence-corrected chi connectivity index (χ3v) is 3.04. The summed E-state index contributed by atoms with van der Waals surface area (Å²) in [6.45, 7) is 2.61. The summed E-state index contributed by atoms with van der Waals surface area (Å²) in [5, 5.41) is 9.46. The van der Waals surface area contributed by atoms with Gasteiger partial charge in [-0.3, -0.25) is 0 Å². The molecule has 0 spiro atoms. The zero-order valence-corrected chi connectivity index (χ0v) is 8.95. The summed E-state index contributed by atoms with van der Waals surface area (Å²) in [4.78, 5) is 6.16. The lowest BCUT2D eigenvalue weighted by Crippen LogP contribution is -2.35. The van der Waals surface area contributed by atoms with Gasteiger partial charge in [0.05, 0.1) is 0 Å². The molecule has 0 unspecified atom stereocenters. The Labute approximate surface area is 86.0 Å². The first-order valence-corrected chi connectivity index (χ1v) is 5.07. The Hall–Kier alpha value is -0.545. The lowest BCUT2D eigenvalue weighted by molar-refractivity contribution is 0.571. The summed E-state index contributed by atoms with van der Waals surface area (Å²) >= 11 is 3.48. The minimum atomic E-state index is -0.456. The molecule has 0 bridgehead atoms. The van der Waals surface area contributed by atoms with Crippen LogP contribution in [0.15, 0.2) is 16.7 Å². The maximum atomic E-state index is 9.46. The molecule has 0 amide bonds. The first-order valence-electron chi connectivity index (χ1n) is 4.28. The Balaban J connectivity index is 2.43. The van der Waals surface area contributed by atoms with Crippen LogP contribution in [0.2, 0.25) is 6.82 Å². The monoisotopic (exact) mass is 240 g/mol. The third-order valence-electron chi connectivity index (χ3n) is 2.30. The average molecular weight is 241 g/mol. The van der Waals surface area contributed by atoms with Crippen molar-refractivity contribution in [2.24, 2.45) is 0 Å². The van der Waals surface area contributed by atoms with Crippen molar-refractivity contribution in [2.75, 3.05) is 11.4 Å². The molecule has 0 saturated heterocycles. The van der Waals surface area contributed by atoms with E-state index in [0.29, 0.717) is 0 Å². The number of pyridine rings is 1. The van der Waals surface area contributed by atoms with Crippen LogP contribution < -0.4 is 4.81 Å². The molecule has 0 aliphatic carbocycles. The molecule has 1 aliphatic rings. The molecule has 1 aromatic heterocycles. The Bertz CT molecular complexity index is 332. The zero-order chi connectivity index (χ0) is 9.42. The van der Waals surface area contributed by atoms with Crippen molar-refractivity contribution in [3.05, 3.63) is 22.3 Å². The van der Waals surface area contributed by atoms with Crippen LogP contribution in [0.1, 0.15) is 5.56 Å². The van der Waals surface area contributed by atoms with Crippen LogP contribution in [0.4, 0.5) is 5.82 Å². The fourth-order valence-electron chi connectivity index (χ4n) is 1.64. The van der Waals surface area contributed by atoms with Gasteiger partial charge in [0, 0.05) is 22.8 Å². The first kappa shape index (κ1) is 9.03. The summed E-state index contributed by atoms with van der Waals surface area (Å²) < 4.78 is 1.08. The van der Waals surface area contributed by atoms with Gasteiger partial charge in [0.2, 0.25) is 0 Å². The molecule has 0 radical (unpaired) electrons. The molecule has 0 fully saturated rings. The molecule has 13 heavy (non-hydrogen) atoms. The van der Waals surface area contributed by atoms with Gasteiger partial charge in [-0.15, -0.1) is 0 Å². The molecular formula is C8H10BBrN2O. The van der Waals surface area contributed by atoms with E-state index in [0.717, 1.165) is 23.3 Å². The first-order chi connectivity index (χ1) is 6.20. The van der Waals surface area contributed by atoms with Gasteiger partial charge in [-0.2, -0.15) is 0 Å². The quantitative estimate of drug-likeness (QED) is 0.753. The molecule has 2 rings (SSSR count). The fourth-order valence-corrected chi connectivity index (χ4v) is 2.13. The number of halogens is 1. The van der Waals surface area contributed by atoms with Crippen LogP contribution in [-0.4, -0.2) is 23.6 Å². The average Bonchev–Trinajstić information content (AvgIpc) is 2.48.